The Morgan fingerprint density at radius 3 is 2.33 bits per heavy atom. The third-order valence-electron chi connectivity index (χ3n) is 2.12. The summed E-state index contributed by atoms with van der Waals surface area (Å²) in [5.41, 5.74) is 0.956. The minimum Gasteiger partial charge on any atom is -0.481 e. The number of urea groups is 1. The van der Waals surface area contributed by atoms with Gasteiger partial charge in [0.2, 0.25) is 5.91 Å². The van der Waals surface area contributed by atoms with Gasteiger partial charge in [0.05, 0.1) is 13.1 Å². The third kappa shape index (κ3) is 4.25. The third-order valence-corrected chi connectivity index (χ3v) is 2.12. The molecule has 0 aromatic heterocycles. The molecule has 1 fully saturated rings. The second-order valence-electron chi connectivity index (χ2n) is 3.64. The van der Waals surface area contributed by atoms with Crippen molar-refractivity contribution >= 4 is 17.9 Å². The van der Waals surface area contributed by atoms with Crippen molar-refractivity contribution in [3.05, 3.63) is 35.9 Å². The van der Waals surface area contributed by atoms with Crippen LogP contribution in [0.25, 0.3) is 0 Å². The van der Waals surface area contributed by atoms with Crippen LogP contribution in [-0.2, 0) is 16.1 Å². The van der Waals surface area contributed by atoms with E-state index < -0.39 is 5.97 Å². The summed E-state index contributed by atoms with van der Waals surface area (Å²) in [6.07, 6.45) is 0. The van der Waals surface area contributed by atoms with Gasteiger partial charge in [-0.3, -0.25) is 14.5 Å². The first kappa shape index (κ1) is 13.7. The molecule has 96 valence electrons. The monoisotopic (exact) mass is 250 g/mol. The van der Waals surface area contributed by atoms with Crippen LogP contribution in [0, 0.1) is 0 Å². The summed E-state index contributed by atoms with van der Waals surface area (Å²) in [6.45, 7) is 1.55. The molecule has 3 amide bonds. The summed E-state index contributed by atoms with van der Waals surface area (Å²) in [4.78, 5) is 32.6. The number of carboxylic acid groups (broad SMARTS) is 1. The Morgan fingerprint density at radius 1 is 1.33 bits per heavy atom. The quantitative estimate of drug-likeness (QED) is 0.761. The van der Waals surface area contributed by atoms with Gasteiger partial charge in [0.1, 0.15) is 0 Å². The molecule has 1 aromatic rings. The van der Waals surface area contributed by atoms with Crippen molar-refractivity contribution in [1.82, 2.24) is 10.2 Å². The molecule has 0 spiro atoms. The lowest BCUT2D eigenvalue weighted by molar-refractivity contribution is -0.134. The number of hydrogen-bond acceptors (Lipinski definition) is 3. The number of carbonyl (C=O) groups excluding carboxylic acids is 2. The van der Waals surface area contributed by atoms with E-state index in [0.717, 1.165) is 12.5 Å². The van der Waals surface area contributed by atoms with Crippen LogP contribution in [0.5, 0.6) is 0 Å². The smallest absolute Gasteiger partial charge is 0.324 e. The lowest BCUT2D eigenvalue weighted by atomic mass is 10.2. The van der Waals surface area contributed by atoms with Crippen molar-refractivity contribution in [1.29, 1.82) is 0 Å². The highest BCUT2D eigenvalue weighted by Crippen LogP contribution is 2.07. The molecule has 6 nitrogen and oxygen atoms in total. The Hall–Kier alpha value is -2.37. The zero-order chi connectivity index (χ0) is 13.5. The Labute approximate surface area is 104 Å². The molecule has 0 saturated carbocycles. The molecular formula is C12H14N2O4. The molecule has 18 heavy (non-hydrogen) atoms. The molecule has 1 saturated heterocycles. The van der Waals surface area contributed by atoms with Crippen LogP contribution in [-0.4, -0.2) is 34.5 Å². The van der Waals surface area contributed by atoms with Crippen molar-refractivity contribution in [2.45, 2.75) is 13.5 Å². The second kappa shape index (κ2) is 6.39. The van der Waals surface area contributed by atoms with Crippen molar-refractivity contribution in [2.75, 3.05) is 6.54 Å². The highest BCUT2D eigenvalue weighted by atomic mass is 16.4. The summed E-state index contributed by atoms with van der Waals surface area (Å²) in [5.74, 6) is -1.00. The lowest BCUT2D eigenvalue weighted by Gasteiger charge is -2.11. The van der Waals surface area contributed by atoms with Crippen LogP contribution in [0.15, 0.2) is 30.3 Å². The summed E-state index contributed by atoms with van der Waals surface area (Å²) < 4.78 is 0. The van der Waals surface area contributed by atoms with Gasteiger partial charge in [-0.25, -0.2) is 4.79 Å². The van der Waals surface area contributed by atoms with E-state index in [2.05, 4.69) is 5.32 Å². The van der Waals surface area contributed by atoms with Crippen LogP contribution >= 0.6 is 0 Å². The molecule has 6 heteroatoms. The van der Waals surface area contributed by atoms with Gasteiger partial charge in [0.25, 0.3) is 5.97 Å². The number of carbonyl (C=O) groups is 3. The first-order chi connectivity index (χ1) is 8.50. The van der Waals surface area contributed by atoms with Gasteiger partial charge in [0.15, 0.2) is 0 Å². The molecule has 1 aliphatic heterocycles. The number of imide groups is 1. The Kier molecular flexibility index (Phi) is 4.86. The number of nitrogens with one attached hydrogen (secondary N) is 1. The first-order valence-corrected chi connectivity index (χ1v) is 5.32. The van der Waals surface area contributed by atoms with Crippen molar-refractivity contribution in [2.24, 2.45) is 0 Å². The van der Waals surface area contributed by atoms with Crippen molar-refractivity contribution in [3.63, 3.8) is 0 Å². The van der Waals surface area contributed by atoms with E-state index in [0.29, 0.717) is 6.54 Å². The largest absolute Gasteiger partial charge is 0.481 e. The van der Waals surface area contributed by atoms with E-state index >= 15 is 0 Å². The molecule has 0 unspecified atom stereocenters. The Balaban J connectivity index is 0.000000357. The normalized spacial score (nSPS) is 13.7. The maximum absolute atomic E-state index is 11.2. The van der Waals surface area contributed by atoms with E-state index in [1.165, 1.54) is 4.90 Å². The van der Waals surface area contributed by atoms with Gasteiger partial charge in [-0.15, -0.1) is 0 Å². The summed E-state index contributed by atoms with van der Waals surface area (Å²) >= 11 is 0. The van der Waals surface area contributed by atoms with Gasteiger partial charge in [-0.05, 0) is 5.56 Å². The van der Waals surface area contributed by atoms with E-state index in [1.54, 1.807) is 0 Å². The number of carboxylic acids is 1. The maximum Gasteiger partial charge on any atom is 0.324 e. The summed E-state index contributed by atoms with van der Waals surface area (Å²) in [5, 5.41) is 9.89. The Bertz CT molecular complexity index is 425. The molecule has 1 heterocycles. The molecule has 1 aliphatic rings. The van der Waals surface area contributed by atoms with Gasteiger partial charge >= 0.3 is 6.03 Å². The maximum atomic E-state index is 11.2. The minimum atomic E-state index is -0.833. The molecule has 1 aromatic carbocycles. The van der Waals surface area contributed by atoms with E-state index in [4.69, 9.17) is 9.90 Å². The highest BCUT2D eigenvalue weighted by molar-refractivity contribution is 6.01. The van der Waals surface area contributed by atoms with E-state index in [1.807, 2.05) is 30.3 Å². The summed E-state index contributed by atoms with van der Waals surface area (Å²) in [6, 6.07) is 9.13. The number of rotatable bonds is 2. The topological polar surface area (TPSA) is 86.7 Å². The van der Waals surface area contributed by atoms with Crippen molar-refractivity contribution in [3.8, 4) is 0 Å². The van der Waals surface area contributed by atoms with Crippen LogP contribution in [0.1, 0.15) is 12.5 Å². The fraction of sp³-hybridized carbons (Fsp3) is 0.250. The molecule has 0 bridgehead atoms. The first-order valence-electron chi connectivity index (χ1n) is 5.32. The number of amides is 3. The van der Waals surface area contributed by atoms with E-state index in [9.17, 15) is 9.59 Å². The van der Waals surface area contributed by atoms with Crippen molar-refractivity contribution < 1.29 is 19.5 Å². The minimum absolute atomic E-state index is 0.117. The average Bonchev–Trinajstić information content (AvgIpc) is 2.62. The molecule has 2 N–H and O–H groups in total. The van der Waals surface area contributed by atoms with Crippen LogP contribution in [0.3, 0.4) is 0 Å². The fourth-order valence-electron chi connectivity index (χ4n) is 1.38. The van der Waals surface area contributed by atoms with Crippen LogP contribution in [0.4, 0.5) is 4.79 Å². The zero-order valence-corrected chi connectivity index (χ0v) is 9.92. The number of hydrogen-bond donors (Lipinski definition) is 2. The van der Waals surface area contributed by atoms with Gasteiger partial charge in [0, 0.05) is 6.92 Å². The number of benzene rings is 1. The zero-order valence-electron chi connectivity index (χ0n) is 9.92. The molecule has 0 aliphatic carbocycles. The predicted molar refractivity (Wildman–Crippen MR) is 63.7 cm³/mol. The number of aliphatic carboxylic acids is 1. The van der Waals surface area contributed by atoms with Crippen LogP contribution < -0.4 is 5.32 Å². The second-order valence-corrected chi connectivity index (χ2v) is 3.64. The van der Waals surface area contributed by atoms with Crippen LogP contribution in [0.2, 0.25) is 0 Å². The SMILES string of the molecule is CC(=O)O.O=C1CNC(=O)N1Cc1ccccc1. The summed E-state index contributed by atoms with van der Waals surface area (Å²) in [7, 11) is 0. The highest BCUT2D eigenvalue weighted by Gasteiger charge is 2.27. The standard InChI is InChI=1S/C10H10N2O2.C2H4O2/c13-9-6-11-10(14)12(9)7-8-4-2-1-3-5-8;1-2(3)4/h1-5H,6-7H2,(H,11,14);1H3,(H,3,4). The molecule has 0 radical (unpaired) electrons. The van der Waals surface area contributed by atoms with Gasteiger partial charge in [-0.2, -0.15) is 0 Å². The van der Waals surface area contributed by atoms with Gasteiger partial charge in [-0.1, -0.05) is 30.3 Å². The predicted octanol–water partition coefficient (Wildman–Crippen LogP) is 0.829. The Morgan fingerprint density at radius 2 is 1.89 bits per heavy atom. The number of nitrogens with zero attached hydrogens (tertiary/aromatic N) is 1. The molecule has 0 atom stereocenters. The fourth-order valence-corrected chi connectivity index (χ4v) is 1.38. The average molecular weight is 250 g/mol. The van der Waals surface area contributed by atoms with E-state index in [-0.39, 0.29) is 18.5 Å². The lowest BCUT2D eigenvalue weighted by Crippen LogP contribution is -2.30. The van der Waals surface area contributed by atoms with Gasteiger partial charge < -0.3 is 10.4 Å². The molecular weight excluding hydrogens is 236 g/mol. The molecule has 2 rings (SSSR count).